The number of carbonyl (C=O) groups excluding carboxylic acids is 1. The van der Waals surface area contributed by atoms with E-state index in [2.05, 4.69) is 11.5 Å². The van der Waals surface area contributed by atoms with Crippen molar-refractivity contribution in [3.63, 3.8) is 0 Å². The lowest BCUT2D eigenvalue weighted by molar-refractivity contribution is 0.112. The summed E-state index contributed by atoms with van der Waals surface area (Å²) in [4.78, 5) is 11.0. The number of nitrogens with zero attached hydrogens (tertiary/aromatic N) is 1. The van der Waals surface area contributed by atoms with E-state index >= 15 is 0 Å². The molecule has 0 aliphatic carbocycles. The van der Waals surface area contributed by atoms with Gasteiger partial charge in [-0.2, -0.15) is 0 Å². The minimum atomic E-state index is 0.839. The molecule has 0 aliphatic heterocycles. The number of aromatic nitrogens is 1. The van der Waals surface area contributed by atoms with Gasteiger partial charge in [-0.05, 0) is 12.5 Å². The molecule has 2 heteroatoms. The second-order valence-corrected chi connectivity index (χ2v) is 3.41. The molecule has 14 heavy (non-hydrogen) atoms. The number of fused-ring (bicyclic) bond motifs is 1. The van der Waals surface area contributed by atoms with Gasteiger partial charge >= 0.3 is 0 Å². The number of hydrogen-bond donors (Lipinski definition) is 0. The third-order valence-corrected chi connectivity index (χ3v) is 2.72. The van der Waals surface area contributed by atoms with Crippen LogP contribution in [0.3, 0.4) is 0 Å². The van der Waals surface area contributed by atoms with Gasteiger partial charge in [-0.1, -0.05) is 25.1 Å². The lowest BCUT2D eigenvalue weighted by Gasteiger charge is -2.00. The second-order valence-electron chi connectivity index (χ2n) is 3.41. The highest BCUT2D eigenvalue weighted by Gasteiger charge is 2.11. The summed E-state index contributed by atoms with van der Waals surface area (Å²) < 4.78 is 2.10. The minimum Gasteiger partial charge on any atom is -0.347 e. The summed E-state index contributed by atoms with van der Waals surface area (Å²) in [7, 11) is 2.01. The monoisotopic (exact) mass is 187 g/mol. The predicted octanol–water partition coefficient (Wildman–Crippen LogP) is 2.55. The van der Waals surface area contributed by atoms with Gasteiger partial charge in [0.1, 0.15) is 0 Å². The van der Waals surface area contributed by atoms with Crippen LogP contribution >= 0.6 is 0 Å². The highest BCUT2D eigenvalue weighted by molar-refractivity contribution is 5.99. The summed E-state index contributed by atoms with van der Waals surface area (Å²) in [6, 6.07) is 8.00. The van der Waals surface area contributed by atoms with Gasteiger partial charge in [0.25, 0.3) is 0 Å². The van der Waals surface area contributed by atoms with Gasteiger partial charge < -0.3 is 4.57 Å². The smallest absolute Gasteiger partial charge is 0.152 e. The molecule has 1 heterocycles. The van der Waals surface area contributed by atoms with Crippen LogP contribution in [-0.4, -0.2) is 10.9 Å². The fourth-order valence-corrected chi connectivity index (χ4v) is 2.03. The summed E-state index contributed by atoms with van der Waals surface area (Å²) in [5.74, 6) is 0. The molecule has 0 radical (unpaired) electrons. The van der Waals surface area contributed by atoms with Crippen LogP contribution in [0.4, 0.5) is 0 Å². The molecule has 0 unspecified atom stereocenters. The van der Waals surface area contributed by atoms with Gasteiger partial charge in [-0.15, -0.1) is 0 Å². The summed E-state index contributed by atoms with van der Waals surface area (Å²) in [5, 5.41) is 1.06. The Morgan fingerprint density at radius 2 is 2.07 bits per heavy atom. The largest absolute Gasteiger partial charge is 0.347 e. The number of hydrogen-bond acceptors (Lipinski definition) is 1. The molecular weight excluding hydrogens is 174 g/mol. The summed E-state index contributed by atoms with van der Waals surface area (Å²) >= 11 is 0. The van der Waals surface area contributed by atoms with E-state index in [9.17, 15) is 4.79 Å². The molecule has 1 aromatic carbocycles. The van der Waals surface area contributed by atoms with E-state index < -0.39 is 0 Å². The van der Waals surface area contributed by atoms with E-state index in [1.165, 1.54) is 0 Å². The van der Waals surface area contributed by atoms with Crippen molar-refractivity contribution in [1.82, 2.24) is 4.57 Å². The first-order valence-corrected chi connectivity index (χ1v) is 4.81. The Balaban J connectivity index is 2.91. The second kappa shape index (κ2) is 3.29. The molecule has 2 aromatic rings. The molecule has 0 atom stereocenters. The highest BCUT2D eigenvalue weighted by Crippen LogP contribution is 2.23. The van der Waals surface area contributed by atoms with Crippen LogP contribution in [0.15, 0.2) is 24.3 Å². The molecule has 72 valence electrons. The molecular formula is C12H13NO. The zero-order chi connectivity index (χ0) is 10.1. The van der Waals surface area contributed by atoms with Crippen molar-refractivity contribution in [2.75, 3.05) is 0 Å². The van der Waals surface area contributed by atoms with Crippen molar-refractivity contribution in [2.24, 2.45) is 7.05 Å². The topological polar surface area (TPSA) is 22.0 Å². The van der Waals surface area contributed by atoms with Crippen LogP contribution in [0, 0.1) is 0 Å². The van der Waals surface area contributed by atoms with Crippen molar-refractivity contribution in [3.8, 4) is 0 Å². The van der Waals surface area contributed by atoms with E-state index in [-0.39, 0.29) is 0 Å². The Kier molecular flexibility index (Phi) is 2.12. The number of rotatable bonds is 2. The zero-order valence-corrected chi connectivity index (χ0v) is 8.45. The van der Waals surface area contributed by atoms with Crippen molar-refractivity contribution in [3.05, 3.63) is 35.5 Å². The third kappa shape index (κ3) is 1.07. The quantitative estimate of drug-likeness (QED) is 0.662. The fourth-order valence-electron chi connectivity index (χ4n) is 2.03. The van der Waals surface area contributed by atoms with Crippen molar-refractivity contribution < 1.29 is 4.79 Å². The van der Waals surface area contributed by atoms with Crippen LogP contribution in [0.2, 0.25) is 0 Å². The fraction of sp³-hybridized carbons (Fsp3) is 0.250. The van der Waals surface area contributed by atoms with Crippen LogP contribution in [0.25, 0.3) is 10.9 Å². The van der Waals surface area contributed by atoms with Crippen molar-refractivity contribution in [1.29, 1.82) is 0 Å². The first-order valence-electron chi connectivity index (χ1n) is 4.81. The average Bonchev–Trinajstić information content (AvgIpc) is 2.51. The van der Waals surface area contributed by atoms with E-state index in [0.717, 1.165) is 34.9 Å². The zero-order valence-electron chi connectivity index (χ0n) is 8.45. The average molecular weight is 187 g/mol. The summed E-state index contributed by atoms with van der Waals surface area (Å²) in [6.45, 7) is 2.07. The SMILES string of the molecule is CCc1c(C=O)c2ccccc2n1C. The van der Waals surface area contributed by atoms with Crippen LogP contribution in [0.5, 0.6) is 0 Å². The summed E-state index contributed by atoms with van der Waals surface area (Å²) in [5.41, 5.74) is 3.08. The standard InChI is InChI=1S/C12H13NO/c1-3-11-10(8-14)9-6-4-5-7-12(9)13(11)2/h4-8H,3H2,1-2H3. The molecule has 0 aliphatic rings. The Morgan fingerprint density at radius 1 is 1.36 bits per heavy atom. The maximum atomic E-state index is 11.0. The Labute approximate surface area is 83.2 Å². The first-order chi connectivity index (χ1) is 6.79. The third-order valence-electron chi connectivity index (χ3n) is 2.72. The highest BCUT2D eigenvalue weighted by atomic mass is 16.1. The van der Waals surface area contributed by atoms with Crippen LogP contribution < -0.4 is 0 Å². The number of aldehydes is 1. The van der Waals surface area contributed by atoms with Crippen molar-refractivity contribution >= 4 is 17.2 Å². The lowest BCUT2D eigenvalue weighted by atomic mass is 10.1. The van der Waals surface area contributed by atoms with Gasteiger partial charge in [0.2, 0.25) is 0 Å². The Bertz CT molecular complexity index is 482. The van der Waals surface area contributed by atoms with Gasteiger partial charge in [-0.25, -0.2) is 0 Å². The number of carbonyl (C=O) groups is 1. The number of benzene rings is 1. The van der Waals surface area contributed by atoms with Crippen LogP contribution in [0.1, 0.15) is 23.0 Å². The van der Waals surface area contributed by atoms with Gasteiger partial charge in [0, 0.05) is 29.2 Å². The van der Waals surface area contributed by atoms with E-state index in [1.807, 2.05) is 31.3 Å². The molecule has 0 bridgehead atoms. The van der Waals surface area contributed by atoms with Crippen LogP contribution in [-0.2, 0) is 13.5 Å². The van der Waals surface area contributed by atoms with E-state index in [1.54, 1.807) is 0 Å². The maximum absolute atomic E-state index is 11.0. The normalized spacial score (nSPS) is 10.7. The molecule has 2 nitrogen and oxygen atoms in total. The van der Waals surface area contributed by atoms with Gasteiger partial charge in [-0.3, -0.25) is 4.79 Å². The Morgan fingerprint density at radius 3 is 2.71 bits per heavy atom. The first kappa shape index (κ1) is 9.00. The lowest BCUT2D eigenvalue weighted by Crippen LogP contribution is -1.96. The minimum absolute atomic E-state index is 0.839. The summed E-state index contributed by atoms with van der Waals surface area (Å²) in [6.07, 6.45) is 1.85. The van der Waals surface area contributed by atoms with Gasteiger partial charge in [0.15, 0.2) is 6.29 Å². The molecule has 0 amide bonds. The van der Waals surface area contributed by atoms with Gasteiger partial charge in [0.05, 0.1) is 0 Å². The number of para-hydroxylation sites is 1. The Hall–Kier alpha value is -1.57. The molecule has 2 rings (SSSR count). The van der Waals surface area contributed by atoms with E-state index in [4.69, 9.17) is 0 Å². The number of aryl methyl sites for hydroxylation is 1. The molecule has 0 saturated heterocycles. The predicted molar refractivity (Wildman–Crippen MR) is 57.7 cm³/mol. The molecule has 0 fully saturated rings. The molecule has 0 saturated carbocycles. The maximum Gasteiger partial charge on any atom is 0.152 e. The molecule has 0 spiro atoms. The molecule has 0 N–H and O–H groups in total. The molecule has 1 aromatic heterocycles. The van der Waals surface area contributed by atoms with Crippen molar-refractivity contribution in [2.45, 2.75) is 13.3 Å². The van der Waals surface area contributed by atoms with E-state index in [0.29, 0.717) is 0 Å².